The predicted molar refractivity (Wildman–Crippen MR) is 95.9 cm³/mol. The number of alkyl halides is 2. The molecule has 1 fully saturated rings. The molecule has 27 heavy (non-hydrogen) atoms. The minimum atomic E-state index is -2.88. The molecule has 1 saturated carbocycles. The first-order valence-electron chi connectivity index (χ1n) is 8.68. The van der Waals surface area contributed by atoms with Crippen LogP contribution in [0.4, 0.5) is 14.5 Å². The maximum Gasteiger partial charge on any atom is 0.387 e. The van der Waals surface area contributed by atoms with Crippen LogP contribution in [0.3, 0.4) is 0 Å². The van der Waals surface area contributed by atoms with Crippen LogP contribution in [0, 0.1) is 6.92 Å². The van der Waals surface area contributed by atoms with Crippen LogP contribution in [0.1, 0.15) is 30.0 Å². The van der Waals surface area contributed by atoms with Gasteiger partial charge in [0.1, 0.15) is 12.3 Å². The van der Waals surface area contributed by atoms with Crippen molar-refractivity contribution in [2.75, 3.05) is 5.32 Å². The normalized spacial score (nSPS) is 13.9. The van der Waals surface area contributed by atoms with Crippen molar-refractivity contribution in [1.82, 2.24) is 14.8 Å². The molecule has 0 saturated heterocycles. The molecule has 0 atom stereocenters. The van der Waals surface area contributed by atoms with Crippen LogP contribution >= 0.6 is 0 Å². The van der Waals surface area contributed by atoms with Gasteiger partial charge in [-0.1, -0.05) is 0 Å². The molecule has 0 unspecified atom stereocenters. The van der Waals surface area contributed by atoms with E-state index in [0.29, 0.717) is 17.3 Å². The Morgan fingerprint density at radius 1 is 1.30 bits per heavy atom. The zero-order chi connectivity index (χ0) is 19.0. The molecule has 0 radical (unpaired) electrons. The first kappa shape index (κ1) is 17.4. The van der Waals surface area contributed by atoms with Gasteiger partial charge in [-0.3, -0.25) is 4.79 Å². The quantitative estimate of drug-likeness (QED) is 0.713. The number of nitrogens with zero attached hydrogens (tertiary/aromatic N) is 3. The lowest BCUT2D eigenvalue weighted by molar-refractivity contribution is -0.116. The van der Waals surface area contributed by atoms with E-state index in [1.807, 2.05) is 13.0 Å². The lowest BCUT2D eigenvalue weighted by atomic mass is 10.1. The molecule has 1 aromatic carbocycles. The maximum absolute atomic E-state index is 12.4. The Bertz CT molecular complexity index is 981. The number of aryl methyl sites for hydroxylation is 1. The summed E-state index contributed by atoms with van der Waals surface area (Å²) in [4.78, 5) is 16.8. The van der Waals surface area contributed by atoms with Crippen LogP contribution in [-0.4, -0.2) is 27.3 Å². The number of pyridine rings is 1. The summed E-state index contributed by atoms with van der Waals surface area (Å²) in [5.74, 6) is 0.323. The van der Waals surface area contributed by atoms with Gasteiger partial charge in [0.15, 0.2) is 5.65 Å². The van der Waals surface area contributed by atoms with Gasteiger partial charge in [0.25, 0.3) is 0 Å². The molecule has 6 nitrogen and oxygen atoms in total. The van der Waals surface area contributed by atoms with Crippen molar-refractivity contribution in [2.45, 2.75) is 38.8 Å². The number of benzene rings is 1. The molecule has 140 valence electrons. The van der Waals surface area contributed by atoms with Crippen LogP contribution in [0.2, 0.25) is 0 Å². The van der Waals surface area contributed by atoms with Crippen LogP contribution in [0.15, 0.2) is 36.5 Å². The molecule has 1 N–H and O–H groups in total. The van der Waals surface area contributed by atoms with Crippen molar-refractivity contribution in [1.29, 1.82) is 0 Å². The minimum Gasteiger partial charge on any atom is -0.435 e. The predicted octanol–water partition coefficient (Wildman–Crippen LogP) is 3.86. The summed E-state index contributed by atoms with van der Waals surface area (Å²) in [5.41, 5.74) is 3.30. The summed E-state index contributed by atoms with van der Waals surface area (Å²) in [5, 5.41) is 8.23. The lowest BCUT2D eigenvalue weighted by Gasteiger charge is -2.08. The monoisotopic (exact) mass is 372 g/mol. The van der Waals surface area contributed by atoms with Crippen molar-refractivity contribution in [3.8, 4) is 5.75 Å². The van der Waals surface area contributed by atoms with E-state index in [4.69, 9.17) is 0 Å². The molecule has 0 bridgehead atoms. The highest BCUT2D eigenvalue weighted by Crippen LogP contribution is 2.43. The molecule has 2 heterocycles. The zero-order valence-corrected chi connectivity index (χ0v) is 14.7. The number of nitrogens with one attached hydrogen (secondary N) is 1. The van der Waals surface area contributed by atoms with E-state index in [1.54, 1.807) is 10.9 Å². The fourth-order valence-corrected chi connectivity index (χ4v) is 3.21. The Labute approximate surface area is 154 Å². The molecular formula is C19H18F2N4O2. The highest BCUT2D eigenvalue weighted by Gasteiger charge is 2.27. The number of halogens is 2. The molecule has 2 aromatic heterocycles. The second-order valence-corrected chi connectivity index (χ2v) is 6.57. The molecule has 8 heteroatoms. The van der Waals surface area contributed by atoms with Gasteiger partial charge in [-0.2, -0.15) is 13.9 Å². The number of aromatic nitrogens is 3. The number of anilines is 1. The number of carbonyl (C=O) groups excluding carboxylic acids is 1. The second kappa shape index (κ2) is 6.94. The molecule has 0 aliphatic heterocycles. The van der Waals surface area contributed by atoms with Crippen molar-refractivity contribution < 1.29 is 18.3 Å². The van der Waals surface area contributed by atoms with Gasteiger partial charge in [0, 0.05) is 17.3 Å². The van der Waals surface area contributed by atoms with E-state index in [0.717, 1.165) is 11.1 Å². The van der Waals surface area contributed by atoms with Crippen LogP contribution < -0.4 is 10.1 Å². The maximum atomic E-state index is 12.4. The number of ether oxygens (including phenoxy) is 1. The smallest absolute Gasteiger partial charge is 0.387 e. The average Bonchev–Trinajstić information content (AvgIpc) is 3.42. The fraction of sp³-hybridized carbons (Fsp3) is 0.316. The van der Waals surface area contributed by atoms with E-state index in [9.17, 15) is 13.6 Å². The Balaban J connectivity index is 1.49. The van der Waals surface area contributed by atoms with E-state index < -0.39 is 6.61 Å². The summed E-state index contributed by atoms with van der Waals surface area (Å²) >= 11 is 0. The number of hydrogen-bond acceptors (Lipinski definition) is 4. The highest BCUT2D eigenvalue weighted by molar-refractivity contribution is 5.92. The van der Waals surface area contributed by atoms with Crippen LogP contribution in [-0.2, 0) is 11.3 Å². The molecule has 1 amide bonds. The summed E-state index contributed by atoms with van der Waals surface area (Å²) in [7, 11) is 0. The van der Waals surface area contributed by atoms with Gasteiger partial charge in [0.05, 0.1) is 5.69 Å². The molecule has 1 aliphatic rings. The van der Waals surface area contributed by atoms with Gasteiger partial charge in [-0.25, -0.2) is 9.67 Å². The summed E-state index contributed by atoms with van der Waals surface area (Å²) in [6.07, 6.45) is 4.11. The molecule has 4 rings (SSSR count). The number of carbonyl (C=O) groups is 1. The van der Waals surface area contributed by atoms with E-state index in [-0.39, 0.29) is 18.2 Å². The standard InChI is InChI=1S/C19H18F2N4O2/c1-11-17-15(12-2-3-12)8-9-22-18(17)25(24-11)10-16(26)23-13-4-6-14(7-5-13)27-19(20)21/h4-9,12,19H,2-3,10H2,1H3,(H,23,26). The van der Waals surface area contributed by atoms with Gasteiger partial charge in [-0.05, 0) is 61.6 Å². The molecular weight excluding hydrogens is 354 g/mol. The summed E-state index contributed by atoms with van der Waals surface area (Å²) < 4.78 is 30.2. The number of amides is 1. The van der Waals surface area contributed by atoms with Crippen LogP contribution in [0.25, 0.3) is 11.0 Å². The summed E-state index contributed by atoms with van der Waals surface area (Å²) in [6.45, 7) is -0.943. The molecule has 3 aromatic rings. The third-order valence-corrected chi connectivity index (χ3v) is 4.51. The minimum absolute atomic E-state index is 0.0146. The molecule has 0 spiro atoms. The third-order valence-electron chi connectivity index (χ3n) is 4.51. The van der Waals surface area contributed by atoms with E-state index in [2.05, 4.69) is 20.1 Å². The largest absolute Gasteiger partial charge is 0.435 e. The second-order valence-electron chi connectivity index (χ2n) is 6.57. The Morgan fingerprint density at radius 3 is 2.70 bits per heavy atom. The van der Waals surface area contributed by atoms with Gasteiger partial charge in [0.2, 0.25) is 5.91 Å². The number of rotatable bonds is 6. The molecule has 1 aliphatic carbocycles. The number of hydrogen-bond donors (Lipinski definition) is 1. The summed E-state index contributed by atoms with van der Waals surface area (Å²) in [6, 6.07) is 7.79. The number of fused-ring (bicyclic) bond motifs is 1. The van der Waals surface area contributed by atoms with Crippen molar-refractivity contribution in [3.05, 3.63) is 47.8 Å². The Hall–Kier alpha value is -3.03. The Kier molecular flexibility index (Phi) is 4.47. The first-order chi connectivity index (χ1) is 13.0. The topological polar surface area (TPSA) is 69.0 Å². The van der Waals surface area contributed by atoms with E-state index >= 15 is 0 Å². The SMILES string of the molecule is Cc1nn(CC(=O)Nc2ccc(OC(F)F)cc2)c2nccc(C3CC3)c12. The van der Waals surface area contributed by atoms with Crippen molar-refractivity contribution in [2.24, 2.45) is 0 Å². The van der Waals surface area contributed by atoms with Gasteiger partial charge < -0.3 is 10.1 Å². The fourth-order valence-electron chi connectivity index (χ4n) is 3.21. The van der Waals surface area contributed by atoms with Crippen molar-refractivity contribution in [3.63, 3.8) is 0 Å². The highest BCUT2D eigenvalue weighted by atomic mass is 19.3. The average molecular weight is 372 g/mol. The Morgan fingerprint density at radius 2 is 2.04 bits per heavy atom. The zero-order valence-electron chi connectivity index (χ0n) is 14.7. The van der Waals surface area contributed by atoms with E-state index in [1.165, 1.54) is 42.7 Å². The van der Waals surface area contributed by atoms with Crippen LogP contribution in [0.5, 0.6) is 5.75 Å². The van der Waals surface area contributed by atoms with Crippen molar-refractivity contribution >= 4 is 22.6 Å². The lowest BCUT2D eigenvalue weighted by Crippen LogP contribution is -2.19. The third kappa shape index (κ3) is 3.74. The van der Waals surface area contributed by atoms with Gasteiger partial charge in [-0.15, -0.1) is 0 Å². The van der Waals surface area contributed by atoms with Gasteiger partial charge >= 0.3 is 6.61 Å². The first-order valence-corrected chi connectivity index (χ1v) is 8.68.